The molecule has 0 saturated heterocycles. The summed E-state index contributed by atoms with van der Waals surface area (Å²) in [4.78, 5) is 2.38. The molecule has 5 heteroatoms. The van der Waals surface area contributed by atoms with E-state index in [1.807, 2.05) is 6.20 Å². The number of rotatable bonds is 8. The van der Waals surface area contributed by atoms with Crippen molar-refractivity contribution in [1.29, 1.82) is 0 Å². The molecule has 1 aliphatic rings. The van der Waals surface area contributed by atoms with Crippen LogP contribution in [0.4, 0.5) is 5.69 Å². The van der Waals surface area contributed by atoms with Crippen LogP contribution in [0, 0.1) is 5.92 Å². The molecule has 0 radical (unpaired) electrons. The zero-order valence-electron chi connectivity index (χ0n) is 14.7. The largest absolute Gasteiger partial charge is 0.385 e. The first-order valence-electron chi connectivity index (χ1n) is 8.77. The van der Waals surface area contributed by atoms with Gasteiger partial charge in [0, 0.05) is 58.8 Å². The molecular formula is C19H28N4O. The summed E-state index contributed by atoms with van der Waals surface area (Å²) < 4.78 is 7.20. The lowest BCUT2D eigenvalue weighted by Crippen LogP contribution is -2.37. The first-order valence-corrected chi connectivity index (χ1v) is 8.77. The number of aromatic nitrogens is 2. The minimum atomic E-state index is 0.648. The van der Waals surface area contributed by atoms with Crippen LogP contribution in [0.3, 0.4) is 0 Å². The van der Waals surface area contributed by atoms with Crippen LogP contribution in [0.15, 0.2) is 36.5 Å². The first kappa shape index (κ1) is 17.0. The van der Waals surface area contributed by atoms with Crippen molar-refractivity contribution in [3.63, 3.8) is 0 Å². The summed E-state index contributed by atoms with van der Waals surface area (Å²) in [5.74, 6) is 0.648. The van der Waals surface area contributed by atoms with E-state index in [9.17, 15) is 0 Å². The van der Waals surface area contributed by atoms with Crippen molar-refractivity contribution in [3.05, 3.63) is 47.8 Å². The molecule has 0 amide bonds. The number of nitrogens with one attached hydrogen (secondary N) is 1. The Bertz CT molecular complexity index is 640. The zero-order chi connectivity index (χ0) is 16.8. The Kier molecular flexibility index (Phi) is 5.88. The van der Waals surface area contributed by atoms with Gasteiger partial charge in [0.15, 0.2) is 0 Å². The van der Waals surface area contributed by atoms with Gasteiger partial charge in [-0.25, -0.2) is 0 Å². The average Bonchev–Trinajstić information content (AvgIpc) is 3.03. The molecule has 1 unspecified atom stereocenters. The van der Waals surface area contributed by atoms with Crippen LogP contribution in [-0.4, -0.2) is 43.6 Å². The van der Waals surface area contributed by atoms with E-state index in [-0.39, 0.29) is 0 Å². The van der Waals surface area contributed by atoms with Crippen molar-refractivity contribution in [3.8, 4) is 0 Å². The van der Waals surface area contributed by atoms with E-state index in [4.69, 9.17) is 4.74 Å². The summed E-state index contributed by atoms with van der Waals surface area (Å²) >= 11 is 0. The number of ether oxygens (including phenoxy) is 1. The highest BCUT2D eigenvalue weighted by Crippen LogP contribution is 2.27. The van der Waals surface area contributed by atoms with Gasteiger partial charge < -0.3 is 15.0 Å². The van der Waals surface area contributed by atoms with Crippen molar-refractivity contribution < 1.29 is 4.74 Å². The fourth-order valence-corrected chi connectivity index (χ4v) is 3.53. The molecule has 1 aromatic heterocycles. The molecule has 24 heavy (non-hydrogen) atoms. The second-order valence-electron chi connectivity index (χ2n) is 6.60. The molecule has 5 nitrogen and oxygen atoms in total. The van der Waals surface area contributed by atoms with Gasteiger partial charge >= 0.3 is 0 Å². The van der Waals surface area contributed by atoms with Gasteiger partial charge in [0.05, 0.1) is 5.69 Å². The molecule has 0 fully saturated rings. The molecule has 1 N–H and O–H groups in total. The molecule has 2 heterocycles. The monoisotopic (exact) mass is 328 g/mol. The highest BCUT2D eigenvalue weighted by atomic mass is 16.5. The molecule has 0 spiro atoms. The smallest absolute Gasteiger partial charge is 0.0522 e. The van der Waals surface area contributed by atoms with Gasteiger partial charge in [-0.2, -0.15) is 5.10 Å². The van der Waals surface area contributed by atoms with Crippen molar-refractivity contribution in [2.24, 2.45) is 5.92 Å². The molecule has 0 aliphatic carbocycles. The highest BCUT2D eigenvalue weighted by molar-refractivity contribution is 5.55. The topological polar surface area (TPSA) is 42.3 Å². The first-order chi connectivity index (χ1) is 11.8. The van der Waals surface area contributed by atoms with Gasteiger partial charge in [-0.3, -0.25) is 4.68 Å². The van der Waals surface area contributed by atoms with Crippen LogP contribution in [0.1, 0.15) is 17.7 Å². The summed E-state index contributed by atoms with van der Waals surface area (Å²) in [6.07, 6.45) is 4.03. The van der Waals surface area contributed by atoms with E-state index in [1.54, 1.807) is 7.11 Å². The van der Waals surface area contributed by atoms with Crippen LogP contribution in [-0.2, 0) is 24.2 Å². The molecule has 130 valence electrons. The normalized spacial score (nSPS) is 17.1. The van der Waals surface area contributed by atoms with Crippen molar-refractivity contribution >= 4 is 5.69 Å². The fraction of sp³-hybridized carbons (Fsp3) is 0.526. The highest BCUT2D eigenvalue weighted by Gasteiger charge is 2.21. The Hall–Kier alpha value is -1.85. The van der Waals surface area contributed by atoms with E-state index in [2.05, 4.69) is 57.4 Å². The quantitative estimate of drug-likeness (QED) is 0.755. The third-order valence-electron chi connectivity index (χ3n) is 4.71. The van der Waals surface area contributed by atoms with Crippen molar-refractivity contribution in [2.75, 3.05) is 38.8 Å². The van der Waals surface area contributed by atoms with E-state index in [0.29, 0.717) is 5.92 Å². The zero-order valence-corrected chi connectivity index (χ0v) is 14.7. The van der Waals surface area contributed by atoms with Gasteiger partial charge in [-0.05, 0) is 36.5 Å². The van der Waals surface area contributed by atoms with Gasteiger partial charge in [-0.1, -0.05) is 18.2 Å². The van der Waals surface area contributed by atoms with E-state index in [0.717, 1.165) is 45.6 Å². The Balaban J connectivity index is 1.48. The van der Waals surface area contributed by atoms with Crippen LogP contribution in [0.5, 0.6) is 0 Å². The van der Waals surface area contributed by atoms with Gasteiger partial charge in [0.1, 0.15) is 0 Å². The third kappa shape index (κ3) is 4.16. The van der Waals surface area contributed by atoms with Crippen LogP contribution in [0.2, 0.25) is 0 Å². The summed E-state index contributed by atoms with van der Waals surface area (Å²) in [5, 5.41) is 8.03. The third-order valence-corrected chi connectivity index (χ3v) is 4.71. The Morgan fingerprint density at radius 2 is 2.17 bits per heavy atom. The second-order valence-corrected chi connectivity index (χ2v) is 6.60. The number of benzene rings is 1. The number of anilines is 1. The van der Waals surface area contributed by atoms with Crippen LogP contribution in [0.25, 0.3) is 0 Å². The number of methoxy groups -OCH3 is 1. The number of para-hydroxylation sites is 1. The maximum atomic E-state index is 5.12. The van der Waals surface area contributed by atoms with E-state index < -0.39 is 0 Å². The molecule has 2 aromatic rings. The van der Waals surface area contributed by atoms with E-state index in [1.165, 1.54) is 16.9 Å². The molecular weight excluding hydrogens is 300 g/mol. The maximum absolute atomic E-state index is 5.12. The molecule has 1 atom stereocenters. The summed E-state index contributed by atoms with van der Waals surface area (Å²) in [6.45, 7) is 4.70. The molecule has 0 bridgehead atoms. The van der Waals surface area contributed by atoms with Gasteiger partial charge in [0.2, 0.25) is 0 Å². The number of hydrogen-bond donors (Lipinski definition) is 1. The van der Waals surface area contributed by atoms with E-state index >= 15 is 0 Å². The summed E-state index contributed by atoms with van der Waals surface area (Å²) in [5.41, 5.74) is 4.09. The standard InChI is InChI=1S/C19H28N4O/c1-22-15-16(12-17-6-3-4-7-19(17)22)13-20-14-18-8-9-21-23(18)10-5-11-24-2/h3-4,6-9,16,20H,5,10-15H2,1-2H3. The van der Waals surface area contributed by atoms with Crippen molar-refractivity contribution in [2.45, 2.75) is 25.9 Å². The molecule has 1 aromatic carbocycles. The average molecular weight is 328 g/mol. The van der Waals surface area contributed by atoms with Crippen LogP contribution < -0.4 is 10.2 Å². The molecule has 0 saturated carbocycles. The predicted molar refractivity (Wildman–Crippen MR) is 97.3 cm³/mol. The number of nitrogens with zero attached hydrogens (tertiary/aromatic N) is 3. The molecule has 1 aliphatic heterocycles. The lowest BCUT2D eigenvalue weighted by atomic mass is 9.93. The minimum Gasteiger partial charge on any atom is -0.385 e. The number of hydrogen-bond acceptors (Lipinski definition) is 4. The van der Waals surface area contributed by atoms with Gasteiger partial charge in [-0.15, -0.1) is 0 Å². The minimum absolute atomic E-state index is 0.648. The second kappa shape index (κ2) is 8.31. The lowest BCUT2D eigenvalue weighted by molar-refractivity contribution is 0.188. The predicted octanol–water partition coefficient (Wildman–Crippen LogP) is 2.32. The summed E-state index contributed by atoms with van der Waals surface area (Å²) in [6, 6.07) is 10.8. The van der Waals surface area contributed by atoms with Gasteiger partial charge in [0.25, 0.3) is 0 Å². The number of fused-ring (bicyclic) bond motifs is 1. The maximum Gasteiger partial charge on any atom is 0.0522 e. The Labute approximate surface area is 144 Å². The number of aryl methyl sites for hydroxylation is 1. The fourth-order valence-electron chi connectivity index (χ4n) is 3.53. The van der Waals surface area contributed by atoms with Crippen LogP contribution >= 0.6 is 0 Å². The summed E-state index contributed by atoms with van der Waals surface area (Å²) in [7, 11) is 3.93. The Morgan fingerprint density at radius 3 is 3.04 bits per heavy atom. The molecule has 3 rings (SSSR count). The lowest BCUT2D eigenvalue weighted by Gasteiger charge is -2.33. The van der Waals surface area contributed by atoms with Crippen molar-refractivity contribution in [1.82, 2.24) is 15.1 Å². The SMILES string of the molecule is COCCCn1nccc1CNCC1Cc2ccccc2N(C)C1. The Morgan fingerprint density at radius 1 is 1.29 bits per heavy atom.